The molecule has 7 heteroatoms. The van der Waals surface area contributed by atoms with E-state index in [4.69, 9.17) is 16.7 Å². The Labute approximate surface area is 203 Å². The molecule has 2 aliphatic heterocycles. The second kappa shape index (κ2) is 7.65. The van der Waals surface area contributed by atoms with E-state index in [0.29, 0.717) is 22.4 Å². The number of aliphatic carboxylic acids is 1. The molecule has 1 N–H and O–H groups in total. The van der Waals surface area contributed by atoms with Gasteiger partial charge in [0, 0.05) is 6.04 Å². The second-order valence-corrected chi connectivity index (χ2v) is 11.0. The molecule has 6 rings (SSSR count). The predicted octanol–water partition coefficient (Wildman–Crippen LogP) is 4.72. The first kappa shape index (κ1) is 21.8. The SMILES string of the molecule is CC1(C)c2cc(C3CCN(C4CC(C(=O)O)C4)CC3)ccc2-n2c1nc(=O)c1c(Cl)cccc12. The first-order chi connectivity index (χ1) is 16.3. The first-order valence-electron chi connectivity index (χ1n) is 12.1. The fraction of sp³-hybridized carbons (Fsp3) is 0.444. The molecule has 0 amide bonds. The smallest absolute Gasteiger partial charge is 0.306 e. The fourth-order valence-electron chi connectivity index (χ4n) is 6.20. The van der Waals surface area contributed by atoms with E-state index in [0.717, 1.165) is 55.8 Å². The predicted molar refractivity (Wildman–Crippen MR) is 132 cm³/mol. The highest BCUT2D eigenvalue weighted by atomic mass is 35.5. The molecular formula is C27H28ClN3O3. The van der Waals surface area contributed by atoms with Crippen molar-refractivity contribution >= 4 is 28.5 Å². The first-order valence-corrected chi connectivity index (χ1v) is 12.5. The maximum absolute atomic E-state index is 12.8. The van der Waals surface area contributed by atoms with Crippen LogP contribution >= 0.6 is 11.6 Å². The van der Waals surface area contributed by atoms with Gasteiger partial charge in [0.15, 0.2) is 0 Å². The molecule has 1 saturated carbocycles. The molecule has 0 atom stereocenters. The lowest BCUT2D eigenvalue weighted by Crippen LogP contribution is -2.49. The van der Waals surface area contributed by atoms with Crippen molar-refractivity contribution < 1.29 is 9.90 Å². The van der Waals surface area contributed by atoms with E-state index in [-0.39, 0.29) is 16.9 Å². The third-order valence-corrected chi connectivity index (χ3v) is 8.65. The van der Waals surface area contributed by atoms with Gasteiger partial charge in [0.25, 0.3) is 5.56 Å². The van der Waals surface area contributed by atoms with Gasteiger partial charge < -0.3 is 10.0 Å². The number of likely N-dealkylation sites (tertiary alicyclic amines) is 1. The van der Waals surface area contributed by atoms with E-state index in [1.54, 1.807) is 6.07 Å². The lowest BCUT2D eigenvalue weighted by Gasteiger charge is -2.44. The van der Waals surface area contributed by atoms with E-state index < -0.39 is 5.97 Å². The zero-order chi connectivity index (χ0) is 23.8. The van der Waals surface area contributed by atoms with E-state index in [1.165, 1.54) is 11.1 Å². The van der Waals surface area contributed by atoms with E-state index in [2.05, 4.69) is 46.5 Å². The molecule has 6 nitrogen and oxygen atoms in total. The van der Waals surface area contributed by atoms with Gasteiger partial charge in [0.1, 0.15) is 5.82 Å². The van der Waals surface area contributed by atoms with Crippen LogP contribution in [0.4, 0.5) is 0 Å². The number of carbonyl (C=O) groups is 1. The van der Waals surface area contributed by atoms with Crippen LogP contribution in [0.25, 0.3) is 16.6 Å². The summed E-state index contributed by atoms with van der Waals surface area (Å²) in [7, 11) is 0. The van der Waals surface area contributed by atoms with Crippen LogP contribution in [0, 0.1) is 5.92 Å². The Hall–Kier alpha value is -2.70. The monoisotopic (exact) mass is 477 g/mol. The number of carboxylic acid groups (broad SMARTS) is 1. The van der Waals surface area contributed by atoms with Crippen molar-refractivity contribution in [1.29, 1.82) is 0 Å². The minimum Gasteiger partial charge on any atom is -0.481 e. The van der Waals surface area contributed by atoms with Gasteiger partial charge in [-0.3, -0.25) is 14.2 Å². The summed E-state index contributed by atoms with van der Waals surface area (Å²) >= 11 is 6.37. The molecule has 0 radical (unpaired) electrons. The number of piperidine rings is 1. The van der Waals surface area contributed by atoms with Crippen molar-refractivity contribution in [1.82, 2.24) is 14.5 Å². The van der Waals surface area contributed by atoms with Crippen LogP contribution < -0.4 is 5.56 Å². The van der Waals surface area contributed by atoms with E-state index >= 15 is 0 Å². The van der Waals surface area contributed by atoms with Crippen molar-refractivity contribution in [2.75, 3.05) is 13.1 Å². The number of benzene rings is 2. The molecule has 1 aromatic heterocycles. The van der Waals surface area contributed by atoms with E-state index in [9.17, 15) is 9.59 Å². The lowest BCUT2D eigenvalue weighted by molar-refractivity contribution is -0.147. The van der Waals surface area contributed by atoms with Crippen molar-refractivity contribution in [2.45, 2.75) is 56.9 Å². The molecule has 2 aromatic carbocycles. The summed E-state index contributed by atoms with van der Waals surface area (Å²) in [6.45, 7) is 6.30. The van der Waals surface area contributed by atoms with Gasteiger partial charge in [0.05, 0.1) is 32.9 Å². The average Bonchev–Trinajstić information content (AvgIpc) is 2.99. The summed E-state index contributed by atoms with van der Waals surface area (Å²) in [5, 5.41) is 10.1. The zero-order valence-electron chi connectivity index (χ0n) is 19.4. The maximum atomic E-state index is 12.8. The highest BCUT2D eigenvalue weighted by Crippen LogP contribution is 2.45. The second-order valence-electron chi connectivity index (χ2n) is 10.6. The highest BCUT2D eigenvalue weighted by Gasteiger charge is 2.41. The molecule has 3 aliphatic rings. The molecule has 176 valence electrons. The molecule has 0 bridgehead atoms. The Morgan fingerprint density at radius 1 is 1.15 bits per heavy atom. The van der Waals surface area contributed by atoms with Crippen LogP contribution in [-0.2, 0) is 10.2 Å². The van der Waals surface area contributed by atoms with Gasteiger partial charge in [-0.2, -0.15) is 4.98 Å². The standard InChI is InChI=1S/C27H28ClN3O3/c1-27(2)19-14-16(15-8-10-30(11-9-15)18-12-17(13-18)25(33)34)6-7-21(19)31-22-5-3-4-20(28)23(22)24(32)29-26(27)31/h3-7,14-15,17-18H,8-13H2,1-2H3,(H,33,34). The number of carboxylic acids is 1. The van der Waals surface area contributed by atoms with Crippen molar-refractivity contribution in [3.8, 4) is 5.69 Å². The molecular weight excluding hydrogens is 450 g/mol. The minimum absolute atomic E-state index is 0.157. The molecule has 0 spiro atoms. The molecule has 1 aliphatic carbocycles. The summed E-state index contributed by atoms with van der Waals surface area (Å²) in [6.07, 6.45) is 3.73. The van der Waals surface area contributed by atoms with Gasteiger partial charge in [-0.05, 0) is 87.9 Å². The molecule has 0 unspecified atom stereocenters. The van der Waals surface area contributed by atoms with Crippen molar-refractivity contribution in [2.24, 2.45) is 5.92 Å². The van der Waals surface area contributed by atoms with Crippen LogP contribution in [0.1, 0.15) is 62.4 Å². The summed E-state index contributed by atoms with van der Waals surface area (Å²) in [6, 6.07) is 12.7. The summed E-state index contributed by atoms with van der Waals surface area (Å²) < 4.78 is 2.10. The number of nitrogens with zero attached hydrogens (tertiary/aromatic N) is 3. The Balaban J connectivity index is 1.30. The van der Waals surface area contributed by atoms with Gasteiger partial charge in [-0.15, -0.1) is 0 Å². The van der Waals surface area contributed by atoms with Gasteiger partial charge in [-0.25, -0.2) is 0 Å². The Kier molecular flexibility index (Phi) is 4.91. The normalized spacial score (nSPS) is 24.0. The fourth-order valence-corrected chi connectivity index (χ4v) is 6.45. The highest BCUT2D eigenvalue weighted by molar-refractivity contribution is 6.35. The molecule has 3 heterocycles. The van der Waals surface area contributed by atoms with Gasteiger partial charge in [0.2, 0.25) is 0 Å². The molecule has 1 saturated heterocycles. The number of hydrogen-bond acceptors (Lipinski definition) is 4. The minimum atomic E-state index is -0.653. The molecule has 2 fully saturated rings. The van der Waals surface area contributed by atoms with Crippen LogP contribution in [-0.4, -0.2) is 44.7 Å². The maximum Gasteiger partial charge on any atom is 0.306 e. The molecule has 3 aromatic rings. The third kappa shape index (κ3) is 3.15. The summed E-state index contributed by atoms with van der Waals surface area (Å²) in [4.78, 5) is 30.9. The Morgan fingerprint density at radius 3 is 2.59 bits per heavy atom. The van der Waals surface area contributed by atoms with Crippen LogP contribution in [0.3, 0.4) is 0 Å². The zero-order valence-corrected chi connectivity index (χ0v) is 20.2. The van der Waals surface area contributed by atoms with Gasteiger partial charge in [-0.1, -0.05) is 29.8 Å². The number of aromatic nitrogens is 2. The summed E-state index contributed by atoms with van der Waals surface area (Å²) in [5.74, 6) is 0.428. The van der Waals surface area contributed by atoms with E-state index in [1.807, 2.05) is 12.1 Å². The average molecular weight is 478 g/mol. The van der Waals surface area contributed by atoms with Crippen molar-refractivity contribution in [3.63, 3.8) is 0 Å². The molecule has 34 heavy (non-hydrogen) atoms. The summed E-state index contributed by atoms with van der Waals surface area (Å²) in [5.41, 5.74) is 3.73. The third-order valence-electron chi connectivity index (χ3n) is 8.34. The largest absolute Gasteiger partial charge is 0.481 e. The van der Waals surface area contributed by atoms with Crippen LogP contribution in [0.5, 0.6) is 0 Å². The topological polar surface area (TPSA) is 75.4 Å². The van der Waals surface area contributed by atoms with Crippen LogP contribution in [0.2, 0.25) is 5.02 Å². The Bertz CT molecular complexity index is 1380. The number of fused-ring (bicyclic) bond motifs is 5. The number of hydrogen-bond donors (Lipinski definition) is 1. The lowest BCUT2D eigenvalue weighted by atomic mass is 9.77. The van der Waals surface area contributed by atoms with Gasteiger partial charge >= 0.3 is 5.97 Å². The van der Waals surface area contributed by atoms with Crippen molar-refractivity contribution in [3.05, 3.63) is 68.7 Å². The quantitative estimate of drug-likeness (QED) is 0.590. The Morgan fingerprint density at radius 2 is 1.88 bits per heavy atom. The van der Waals surface area contributed by atoms with Crippen LogP contribution in [0.15, 0.2) is 41.2 Å². The number of rotatable bonds is 3. The number of halogens is 1.